The predicted molar refractivity (Wildman–Crippen MR) is 117 cm³/mol. The van der Waals surface area contributed by atoms with Crippen LogP contribution in [0.3, 0.4) is 0 Å². The minimum Gasteiger partial charge on any atom is -0.444 e. The summed E-state index contributed by atoms with van der Waals surface area (Å²) in [5, 5.41) is 11.2. The number of ether oxygens (including phenoxy) is 1. The van der Waals surface area contributed by atoms with Gasteiger partial charge in [0.15, 0.2) is 5.96 Å². The molecule has 0 unspecified atom stereocenters. The number of carbonyl (C=O) groups is 1. The van der Waals surface area contributed by atoms with E-state index in [-0.39, 0.29) is 36.3 Å². The summed E-state index contributed by atoms with van der Waals surface area (Å²) in [7, 11) is 1.56. The van der Waals surface area contributed by atoms with Gasteiger partial charge in [0.1, 0.15) is 11.4 Å². The number of guanidine groups is 1. The van der Waals surface area contributed by atoms with E-state index in [9.17, 15) is 18.0 Å². The Balaban J connectivity index is 0.00000784. The second-order valence-corrected chi connectivity index (χ2v) is 6.68. The Morgan fingerprint density at radius 2 is 1.69 bits per heavy atom. The van der Waals surface area contributed by atoms with Crippen molar-refractivity contribution in [3.63, 3.8) is 0 Å². The first-order chi connectivity index (χ1) is 13.0. The van der Waals surface area contributed by atoms with E-state index >= 15 is 0 Å². The number of anilines is 1. The van der Waals surface area contributed by atoms with Crippen molar-refractivity contribution in [3.8, 4) is 0 Å². The molecule has 29 heavy (non-hydrogen) atoms. The molecule has 1 amide bonds. The van der Waals surface area contributed by atoms with Crippen molar-refractivity contribution >= 4 is 41.8 Å². The Hall–Kier alpha value is -1.99. The standard InChI is InChI=1S/C17H27F3N6O2.HI/c1-16(2,3)28-15(27)26-11-10-25-14(21-4)24-9-8-23-13-12(17(18,19)20)6-5-7-22-13;/h5-7H,8-11H2,1-4H3,(H,22,23)(H,26,27)(H2,21,24,25);1H. The smallest absolute Gasteiger partial charge is 0.419 e. The fourth-order valence-corrected chi connectivity index (χ4v) is 2.02. The molecule has 0 aromatic carbocycles. The first-order valence-corrected chi connectivity index (χ1v) is 8.70. The Morgan fingerprint density at radius 1 is 1.10 bits per heavy atom. The zero-order valence-electron chi connectivity index (χ0n) is 16.8. The third-order valence-corrected chi connectivity index (χ3v) is 3.13. The number of alkyl halides is 3. The largest absolute Gasteiger partial charge is 0.444 e. The van der Waals surface area contributed by atoms with Gasteiger partial charge >= 0.3 is 12.3 Å². The predicted octanol–water partition coefficient (Wildman–Crippen LogP) is 2.82. The summed E-state index contributed by atoms with van der Waals surface area (Å²) in [5.74, 6) is 0.228. The molecule has 0 aliphatic carbocycles. The summed E-state index contributed by atoms with van der Waals surface area (Å²) in [6.45, 7) is 6.54. The van der Waals surface area contributed by atoms with Crippen molar-refractivity contribution in [2.75, 3.05) is 38.5 Å². The number of pyridine rings is 1. The zero-order chi connectivity index (χ0) is 21.2. The molecule has 166 valence electrons. The molecule has 4 N–H and O–H groups in total. The molecular weight excluding hydrogens is 504 g/mol. The van der Waals surface area contributed by atoms with E-state index in [1.54, 1.807) is 27.8 Å². The van der Waals surface area contributed by atoms with Gasteiger partial charge in [0.2, 0.25) is 0 Å². The molecule has 1 heterocycles. The van der Waals surface area contributed by atoms with Gasteiger partial charge in [-0.25, -0.2) is 9.78 Å². The molecule has 0 fully saturated rings. The van der Waals surface area contributed by atoms with Crippen LogP contribution in [0, 0.1) is 0 Å². The van der Waals surface area contributed by atoms with Crippen LogP contribution >= 0.6 is 24.0 Å². The van der Waals surface area contributed by atoms with Crippen LogP contribution < -0.4 is 21.3 Å². The Morgan fingerprint density at radius 3 is 2.24 bits per heavy atom. The van der Waals surface area contributed by atoms with Crippen LogP contribution in [0.5, 0.6) is 0 Å². The fraction of sp³-hybridized carbons (Fsp3) is 0.588. The lowest BCUT2D eigenvalue weighted by molar-refractivity contribution is -0.137. The molecular formula is C17H28F3IN6O2. The molecule has 0 bridgehead atoms. The van der Waals surface area contributed by atoms with Gasteiger partial charge in [-0.15, -0.1) is 24.0 Å². The van der Waals surface area contributed by atoms with Gasteiger partial charge in [-0.1, -0.05) is 0 Å². The van der Waals surface area contributed by atoms with E-state index in [0.717, 1.165) is 6.07 Å². The van der Waals surface area contributed by atoms with Crippen LogP contribution in [0.4, 0.5) is 23.8 Å². The first kappa shape index (κ1) is 27.0. The van der Waals surface area contributed by atoms with Gasteiger partial charge in [0, 0.05) is 39.4 Å². The molecule has 0 spiro atoms. The van der Waals surface area contributed by atoms with E-state index in [2.05, 4.69) is 31.2 Å². The van der Waals surface area contributed by atoms with Gasteiger partial charge < -0.3 is 26.0 Å². The van der Waals surface area contributed by atoms with Crippen molar-refractivity contribution in [2.24, 2.45) is 4.99 Å². The Bertz CT molecular complexity index is 665. The average Bonchev–Trinajstić information content (AvgIpc) is 2.58. The van der Waals surface area contributed by atoms with E-state index < -0.39 is 23.4 Å². The molecule has 0 aliphatic heterocycles. The third kappa shape index (κ3) is 11.6. The number of alkyl carbamates (subject to hydrolysis) is 1. The quantitative estimate of drug-likeness (QED) is 0.187. The van der Waals surface area contributed by atoms with Crippen molar-refractivity contribution < 1.29 is 22.7 Å². The van der Waals surface area contributed by atoms with Crippen LogP contribution in [0.1, 0.15) is 26.3 Å². The first-order valence-electron chi connectivity index (χ1n) is 8.70. The number of nitrogens with zero attached hydrogens (tertiary/aromatic N) is 2. The van der Waals surface area contributed by atoms with Crippen LogP contribution in [-0.2, 0) is 10.9 Å². The molecule has 0 aliphatic rings. The van der Waals surface area contributed by atoms with Gasteiger partial charge in [0.25, 0.3) is 0 Å². The summed E-state index contributed by atoms with van der Waals surface area (Å²) in [6, 6.07) is 2.21. The lowest BCUT2D eigenvalue weighted by atomic mass is 10.2. The molecule has 12 heteroatoms. The highest BCUT2D eigenvalue weighted by Crippen LogP contribution is 2.33. The maximum absolute atomic E-state index is 12.9. The molecule has 8 nitrogen and oxygen atoms in total. The number of aliphatic imine (C=N–C) groups is 1. The zero-order valence-corrected chi connectivity index (χ0v) is 19.1. The highest BCUT2D eigenvalue weighted by Gasteiger charge is 2.33. The van der Waals surface area contributed by atoms with E-state index in [1.165, 1.54) is 12.3 Å². The number of hydrogen-bond acceptors (Lipinski definition) is 5. The highest BCUT2D eigenvalue weighted by atomic mass is 127. The summed E-state index contributed by atoms with van der Waals surface area (Å²) in [6.07, 6.45) is -3.69. The lowest BCUT2D eigenvalue weighted by Crippen LogP contribution is -2.43. The third-order valence-electron chi connectivity index (χ3n) is 3.13. The molecule has 0 radical (unpaired) electrons. The molecule has 1 aromatic heterocycles. The number of rotatable bonds is 7. The molecule has 0 saturated carbocycles. The van der Waals surface area contributed by atoms with E-state index in [4.69, 9.17) is 4.74 Å². The summed E-state index contributed by atoms with van der Waals surface area (Å²) < 4.78 is 43.8. The van der Waals surface area contributed by atoms with Crippen LogP contribution in [-0.4, -0.2) is 55.9 Å². The van der Waals surface area contributed by atoms with Gasteiger partial charge in [0.05, 0.1) is 5.56 Å². The Kier molecular flexibility index (Phi) is 11.7. The second-order valence-electron chi connectivity index (χ2n) is 6.68. The van der Waals surface area contributed by atoms with Crippen molar-refractivity contribution in [2.45, 2.75) is 32.5 Å². The van der Waals surface area contributed by atoms with E-state index in [1.807, 2.05) is 0 Å². The topological polar surface area (TPSA) is 99.7 Å². The maximum Gasteiger partial charge on any atom is 0.419 e. The van der Waals surface area contributed by atoms with Crippen molar-refractivity contribution in [1.82, 2.24) is 20.9 Å². The molecule has 0 atom stereocenters. The molecule has 0 saturated heterocycles. The van der Waals surface area contributed by atoms with Crippen LogP contribution in [0.2, 0.25) is 0 Å². The monoisotopic (exact) mass is 532 g/mol. The van der Waals surface area contributed by atoms with Crippen molar-refractivity contribution in [3.05, 3.63) is 23.9 Å². The summed E-state index contributed by atoms with van der Waals surface area (Å²) in [5.41, 5.74) is -1.38. The summed E-state index contributed by atoms with van der Waals surface area (Å²) >= 11 is 0. The summed E-state index contributed by atoms with van der Waals surface area (Å²) in [4.78, 5) is 19.2. The number of halogens is 4. The molecule has 1 aromatic rings. The number of aromatic nitrogens is 1. The minimum atomic E-state index is -4.47. The van der Waals surface area contributed by atoms with Crippen LogP contribution in [0.15, 0.2) is 23.3 Å². The van der Waals surface area contributed by atoms with Gasteiger partial charge in [-0.2, -0.15) is 13.2 Å². The SMILES string of the molecule is CN=C(NCCNC(=O)OC(C)(C)C)NCCNc1ncccc1C(F)(F)F.I. The second kappa shape index (κ2) is 12.5. The van der Waals surface area contributed by atoms with Gasteiger partial charge in [-0.05, 0) is 32.9 Å². The maximum atomic E-state index is 12.9. The minimum absolute atomic E-state index is 0. The van der Waals surface area contributed by atoms with Crippen molar-refractivity contribution in [1.29, 1.82) is 0 Å². The van der Waals surface area contributed by atoms with E-state index in [0.29, 0.717) is 25.6 Å². The lowest BCUT2D eigenvalue weighted by Gasteiger charge is -2.20. The van der Waals surface area contributed by atoms with Crippen LogP contribution in [0.25, 0.3) is 0 Å². The average molecular weight is 532 g/mol. The Labute approximate surface area is 185 Å². The number of nitrogens with one attached hydrogen (secondary N) is 4. The molecule has 1 rings (SSSR count). The normalized spacial score (nSPS) is 11.9. The highest BCUT2D eigenvalue weighted by molar-refractivity contribution is 14.0. The fourth-order valence-electron chi connectivity index (χ4n) is 2.02. The number of carbonyl (C=O) groups excluding carboxylic acids is 1. The van der Waals surface area contributed by atoms with Gasteiger partial charge in [-0.3, -0.25) is 4.99 Å². The number of hydrogen-bond donors (Lipinski definition) is 4. The number of amides is 1.